The first-order valence-electron chi connectivity index (χ1n) is 11.6. The number of methoxy groups -OCH3 is 1. The average molecular weight is 445 g/mol. The summed E-state index contributed by atoms with van der Waals surface area (Å²) in [6.45, 7) is 0.561. The maximum Gasteiger partial charge on any atom is 0.328 e. The van der Waals surface area contributed by atoms with Gasteiger partial charge in [0.05, 0.1) is 7.11 Å². The van der Waals surface area contributed by atoms with Crippen LogP contribution < -0.4 is 16.0 Å². The Morgan fingerprint density at radius 1 is 1.09 bits per heavy atom. The molecule has 174 valence electrons. The van der Waals surface area contributed by atoms with Crippen LogP contribution in [0.25, 0.3) is 0 Å². The molecular formula is C23H32N4O5. The van der Waals surface area contributed by atoms with Crippen molar-refractivity contribution >= 4 is 23.7 Å². The number of hydrogen-bond donors (Lipinski definition) is 4. The lowest BCUT2D eigenvalue weighted by molar-refractivity contribution is -0.146. The highest BCUT2D eigenvalue weighted by molar-refractivity contribution is 5.97. The van der Waals surface area contributed by atoms with Gasteiger partial charge in [-0.15, -0.1) is 0 Å². The van der Waals surface area contributed by atoms with Crippen molar-refractivity contribution < 1.29 is 23.9 Å². The predicted molar refractivity (Wildman–Crippen MR) is 116 cm³/mol. The van der Waals surface area contributed by atoms with Crippen molar-refractivity contribution in [2.24, 2.45) is 11.8 Å². The lowest BCUT2D eigenvalue weighted by atomic mass is 9.97. The van der Waals surface area contributed by atoms with Crippen LogP contribution in [0.1, 0.15) is 66.7 Å². The van der Waals surface area contributed by atoms with Crippen LogP contribution in [0.4, 0.5) is 0 Å². The number of esters is 1. The highest BCUT2D eigenvalue weighted by atomic mass is 16.5. The van der Waals surface area contributed by atoms with Gasteiger partial charge in [-0.1, -0.05) is 12.8 Å². The molecule has 1 saturated heterocycles. The molecule has 3 atom stereocenters. The first kappa shape index (κ1) is 22.4. The molecule has 1 aromatic rings. The van der Waals surface area contributed by atoms with Gasteiger partial charge in [0.2, 0.25) is 11.8 Å². The molecule has 0 aromatic carbocycles. The second-order valence-electron chi connectivity index (χ2n) is 9.20. The van der Waals surface area contributed by atoms with Crippen LogP contribution >= 0.6 is 0 Å². The molecule has 0 unspecified atom stereocenters. The van der Waals surface area contributed by atoms with Gasteiger partial charge in [-0.2, -0.15) is 0 Å². The second-order valence-corrected chi connectivity index (χ2v) is 9.20. The number of amides is 3. The van der Waals surface area contributed by atoms with E-state index in [0.29, 0.717) is 31.0 Å². The maximum atomic E-state index is 13.1. The van der Waals surface area contributed by atoms with Gasteiger partial charge in [-0.3, -0.25) is 14.4 Å². The molecule has 9 heteroatoms. The third-order valence-corrected chi connectivity index (χ3v) is 6.73. The van der Waals surface area contributed by atoms with E-state index in [1.807, 2.05) is 6.07 Å². The van der Waals surface area contributed by atoms with Gasteiger partial charge >= 0.3 is 5.97 Å². The Morgan fingerprint density at radius 2 is 1.88 bits per heavy atom. The van der Waals surface area contributed by atoms with Gasteiger partial charge in [0.1, 0.15) is 17.8 Å². The summed E-state index contributed by atoms with van der Waals surface area (Å²) < 4.78 is 4.85. The van der Waals surface area contributed by atoms with Gasteiger partial charge < -0.3 is 25.7 Å². The number of carbonyl (C=O) groups is 4. The number of hydrogen-bond acceptors (Lipinski definition) is 5. The molecule has 0 spiro atoms. The molecule has 0 radical (unpaired) electrons. The summed E-state index contributed by atoms with van der Waals surface area (Å²) in [5.74, 6) is -1.40. The Hall–Kier alpha value is -2.84. The molecule has 1 aliphatic heterocycles. The third-order valence-electron chi connectivity index (χ3n) is 6.73. The molecule has 4 rings (SSSR count). The zero-order valence-corrected chi connectivity index (χ0v) is 18.5. The van der Waals surface area contributed by atoms with Crippen molar-refractivity contribution in [3.8, 4) is 0 Å². The Labute approximate surface area is 187 Å². The van der Waals surface area contributed by atoms with E-state index in [1.165, 1.54) is 12.7 Å². The van der Waals surface area contributed by atoms with E-state index in [0.717, 1.165) is 44.2 Å². The van der Waals surface area contributed by atoms with Crippen molar-refractivity contribution in [3.63, 3.8) is 0 Å². The standard InChI is InChI=1S/C23H32N4O5/c1-32-23(31)19(12-15-8-9-24-20(15)28)27-21(29)17(10-13-6-7-13)26-22(30)18-11-14-4-2-3-5-16(14)25-18/h11,13,15,17,19,25H,2-10,12H2,1H3,(H,24,28)(H,26,30)(H,27,29)/t15-,17-,19-/m0/s1. The molecular weight excluding hydrogens is 412 g/mol. The first-order valence-corrected chi connectivity index (χ1v) is 11.6. The molecule has 3 aliphatic rings. The monoisotopic (exact) mass is 444 g/mol. The molecule has 32 heavy (non-hydrogen) atoms. The first-order chi connectivity index (χ1) is 15.4. The van der Waals surface area contributed by atoms with E-state index in [9.17, 15) is 19.2 Å². The number of rotatable bonds is 9. The molecule has 3 amide bonds. The fourth-order valence-corrected chi connectivity index (χ4v) is 4.66. The summed E-state index contributed by atoms with van der Waals surface area (Å²) in [7, 11) is 1.26. The zero-order valence-electron chi connectivity index (χ0n) is 18.5. The number of aromatic nitrogens is 1. The normalized spacial score (nSPS) is 21.8. The van der Waals surface area contributed by atoms with Crippen LogP contribution in [-0.2, 0) is 32.0 Å². The van der Waals surface area contributed by atoms with Crippen molar-refractivity contribution in [2.45, 2.75) is 69.9 Å². The van der Waals surface area contributed by atoms with Crippen LogP contribution in [0.15, 0.2) is 6.07 Å². The number of fused-ring (bicyclic) bond motifs is 1. The molecule has 2 aliphatic carbocycles. The summed E-state index contributed by atoms with van der Waals surface area (Å²) in [4.78, 5) is 53.5. The Kier molecular flexibility index (Phi) is 6.81. The molecule has 1 aromatic heterocycles. The summed E-state index contributed by atoms with van der Waals surface area (Å²) >= 11 is 0. The summed E-state index contributed by atoms with van der Waals surface area (Å²) in [5, 5.41) is 8.34. The smallest absolute Gasteiger partial charge is 0.328 e. The predicted octanol–water partition coefficient (Wildman–Crippen LogP) is 0.976. The molecule has 9 nitrogen and oxygen atoms in total. The second kappa shape index (κ2) is 9.75. The van der Waals surface area contributed by atoms with Gasteiger partial charge in [-0.05, 0) is 62.5 Å². The lowest BCUT2D eigenvalue weighted by Crippen LogP contribution is -2.52. The fourth-order valence-electron chi connectivity index (χ4n) is 4.66. The molecule has 2 fully saturated rings. The highest BCUT2D eigenvalue weighted by Crippen LogP contribution is 2.33. The van der Waals surface area contributed by atoms with E-state index in [-0.39, 0.29) is 24.2 Å². The maximum absolute atomic E-state index is 13.1. The van der Waals surface area contributed by atoms with Gasteiger partial charge in [0.25, 0.3) is 5.91 Å². The van der Waals surface area contributed by atoms with E-state index < -0.39 is 24.0 Å². The number of nitrogens with one attached hydrogen (secondary N) is 4. The van der Waals surface area contributed by atoms with Gasteiger partial charge in [-0.25, -0.2) is 4.79 Å². The summed E-state index contributed by atoms with van der Waals surface area (Å²) in [5.41, 5.74) is 2.74. The minimum absolute atomic E-state index is 0.119. The summed E-state index contributed by atoms with van der Waals surface area (Å²) in [6, 6.07) is 0.198. The number of carbonyl (C=O) groups excluding carboxylic acids is 4. The van der Waals surface area contributed by atoms with Crippen molar-refractivity contribution in [1.29, 1.82) is 0 Å². The topological polar surface area (TPSA) is 129 Å². The number of aromatic amines is 1. The van der Waals surface area contributed by atoms with Crippen LogP contribution in [-0.4, -0.2) is 54.4 Å². The fraction of sp³-hybridized carbons (Fsp3) is 0.652. The van der Waals surface area contributed by atoms with Crippen LogP contribution in [0.3, 0.4) is 0 Å². The molecule has 4 N–H and O–H groups in total. The van der Waals surface area contributed by atoms with Crippen molar-refractivity contribution in [3.05, 3.63) is 23.0 Å². The van der Waals surface area contributed by atoms with Crippen molar-refractivity contribution in [1.82, 2.24) is 20.9 Å². The Morgan fingerprint density at radius 3 is 2.53 bits per heavy atom. The van der Waals surface area contributed by atoms with Crippen molar-refractivity contribution in [2.75, 3.05) is 13.7 Å². The highest BCUT2D eigenvalue weighted by Gasteiger charge is 2.36. The van der Waals surface area contributed by atoms with E-state index >= 15 is 0 Å². The largest absolute Gasteiger partial charge is 0.467 e. The zero-order chi connectivity index (χ0) is 22.7. The summed E-state index contributed by atoms with van der Waals surface area (Å²) in [6.07, 6.45) is 7.49. The number of H-pyrrole nitrogens is 1. The number of aryl methyl sites for hydroxylation is 2. The van der Waals surface area contributed by atoms with Crippen LogP contribution in [0.2, 0.25) is 0 Å². The van der Waals surface area contributed by atoms with E-state index in [1.54, 1.807) is 0 Å². The minimum atomic E-state index is -0.933. The molecule has 0 bridgehead atoms. The van der Waals surface area contributed by atoms with E-state index in [2.05, 4.69) is 20.9 Å². The Balaban J connectivity index is 1.43. The lowest BCUT2D eigenvalue weighted by Gasteiger charge is -2.23. The quantitative estimate of drug-likeness (QED) is 0.422. The number of ether oxygens (including phenoxy) is 1. The molecule has 2 heterocycles. The van der Waals surface area contributed by atoms with Crippen LogP contribution in [0, 0.1) is 11.8 Å². The van der Waals surface area contributed by atoms with Gasteiger partial charge in [0, 0.05) is 18.2 Å². The average Bonchev–Trinajstić information content (AvgIpc) is 3.35. The van der Waals surface area contributed by atoms with Crippen LogP contribution in [0.5, 0.6) is 0 Å². The third kappa shape index (κ3) is 5.31. The minimum Gasteiger partial charge on any atom is -0.467 e. The van der Waals surface area contributed by atoms with Gasteiger partial charge in [0.15, 0.2) is 0 Å². The van der Waals surface area contributed by atoms with E-state index in [4.69, 9.17) is 4.74 Å². The SMILES string of the molecule is COC(=O)[C@H](C[C@@H]1CCNC1=O)NC(=O)[C@H](CC1CC1)NC(=O)c1cc2c([nH]1)CCCC2. The molecule has 1 saturated carbocycles. The Bertz CT molecular complexity index is 867.